The van der Waals surface area contributed by atoms with Crippen LogP contribution in [0.3, 0.4) is 0 Å². The van der Waals surface area contributed by atoms with Gasteiger partial charge >= 0.3 is 5.97 Å². The van der Waals surface area contributed by atoms with Gasteiger partial charge in [-0.25, -0.2) is 0 Å². The molecule has 0 bridgehead atoms. The molecule has 1 aromatic rings. The van der Waals surface area contributed by atoms with Gasteiger partial charge < -0.3 is 15.3 Å². The van der Waals surface area contributed by atoms with E-state index in [1.807, 2.05) is 12.1 Å². The minimum absolute atomic E-state index is 0.0885. The molecule has 2 N–H and O–H groups in total. The lowest BCUT2D eigenvalue weighted by atomic mass is 10.1. The molecule has 1 saturated heterocycles. The zero-order valence-corrected chi connectivity index (χ0v) is 10.7. The summed E-state index contributed by atoms with van der Waals surface area (Å²) in [6.45, 7) is 2.61. The molecule has 1 fully saturated rings. The minimum Gasteiger partial charge on any atom is -0.481 e. The fraction of sp³-hybridized carbons (Fsp3) is 0.462. The van der Waals surface area contributed by atoms with Crippen molar-refractivity contribution in [1.82, 2.24) is 15.2 Å². The molecule has 1 aliphatic rings. The van der Waals surface area contributed by atoms with Gasteiger partial charge in [-0.2, -0.15) is 0 Å². The predicted octanol–water partition coefficient (Wildman–Crippen LogP) is 0.103. The SMILES string of the molecule is CC1NCC(C(=O)O)CN(Cc2ccccn2)C1=O. The van der Waals surface area contributed by atoms with E-state index in [4.69, 9.17) is 5.11 Å². The molecule has 6 nitrogen and oxygen atoms in total. The second-order valence-corrected chi connectivity index (χ2v) is 4.70. The first-order valence-corrected chi connectivity index (χ1v) is 6.23. The van der Waals surface area contributed by atoms with Crippen molar-refractivity contribution >= 4 is 11.9 Å². The van der Waals surface area contributed by atoms with Crippen molar-refractivity contribution in [2.75, 3.05) is 13.1 Å². The van der Waals surface area contributed by atoms with Crippen LogP contribution in [-0.4, -0.2) is 46.0 Å². The Balaban J connectivity index is 2.14. The maximum absolute atomic E-state index is 12.2. The van der Waals surface area contributed by atoms with Crippen LogP contribution >= 0.6 is 0 Å². The third kappa shape index (κ3) is 3.29. The molecule has 19 heavy (non-hydrogen) atoms. The van der Waals surface area contributed by atoms with Crippen molar-refractivity contribution in [1.29, 1.82) is 0 Å². The molecule has 1 amide bonds. The summed E-state index contributed by atoms with van der Waals surface area (Å²) in [6.07, 6.45) is 1.66. The number of aliphatic carboxylic acids is 1. The molecule has 1 aliphatic heterocycles. The molecule has 0 saturated carbocycles. The fourth-order valence-corrected chi connectivity index (χ4v) is 2.10. The predicted molar refractivity (Wildman–Crippen MR) is 68.2 cm³/mol. The lowest BCUT2D eigenvalue weighted by molar-refractivity contribution is -0.142. The molecule has 2 unspecified atom stereocenters. The van der Waals surface area contributed by atoms with Gasteiger partial charge in [0.2, 0.25) is 5.91 Å². The van der Waals surface area contributed by atoms with Gasteiger partial charge in [-0.1, -0.05) is 6.07 Å². The first kappa shape index (κ1) is 13.5. The molecule has 2 heterocycles. The van der Waals surface area contributed by atoms with Crippen molar-refractivity contribution in [2.45, 2.75) is 19.5 Å². The number of aromatic nitrogens is 1. The van der Waals surface area contributed by atoms with Gasteiger partial charge in [0, 0.05) is 19.3 Å². The first-order chi connectivity index (χ1) is 9.08. The normalized spacial score (nSPS) is 24.1. The summed E-state index contributed by atoms with van der Waals surface area (Å²) in [7, 11) is 0. The average molecular weight is 263 g/mol. The molecule has 0 aromatic carbocycles. The number of nitrogens with one attached hydrogen (secondary N) is 1. The van der Waals surface area contributed by atoms with E-state index in [-0.39, 0.29) is 18.5 Å². The fourth-order valence-electron chi connectivity index (χ4n) is 2.10. The Morgan fingerprint density at radius 3 is 3.00 bits per heavy atom. The number of hydrogen-bond donors (Lipinski definition) is 2. The lowest BCUT2D eigenvalue weighted by Crippen LogP contribution is -2.41. The lowest BCUT2D eigenvalue weighted by Gasteiger charge is -2.23. The summed E-state index contributed by atoms with van der Waals surface area (Å²) < 4.78 is 0. The van der Waals surface area contributed by atoms with Crippen molar-refractivity contribution < 1.29 is 14.7 Å². The third-order valence-electron chi connectivity index (χ3n) is 3.22. The summed E-state index contributed by atoms with van der Waals surface area (Å²) in [5.74, 6) is -1.56. The molecule has 0 aliphatic carbocycles. The van der Waals surface area contributed by atoms with Gasteiger partial charge in [0.15, 0.2) is 0 Å². The van der Waals surface area contributed by atoms with Crippen LogP contribution in [0, 0.1) is 5.92 Å². The standard InChI is InChI=1S/C13H17N3O3/c1-9-12(17)16(7-10(6-15-9)13(18)19)8-11-4-2-3-5-14-11/h2-5,9-10,15H,6-8H2,1H3,(H,18,19). The second-order valence-electron chi connectivity index (χ2n) is 4.70. The first-order valence-electron chi connectivity index (χ1n) is 6.23. The number of amides is 1. The van der Waals surface area contributed by atoms with E-state index in [1.165, 1.54) is 0 Å². The number of carbonyl (C=O) groups is 2. The van der Waals surface area contributed by atoms with E-state index < -0.39 is 11.9 Å². The quantitative estimate of drug-likeness (QED) is 0.808. The maximum Gasteiger partial charge on any atom is 0.309 e. The van der Waals surface area contributed by atoms with Crippen molar-refractivity contribution in [2.24, 2.45) is 5.92 Å². The number of nitrogens with zero attached hydrogens (tertiary/aromatic N) is 2. The van der Waals surface area contributed by atoms with Crippen LogP contribution in [0.4, 0.5) is 0 Å². The number of pyridine rings is 1. The average Bonchev–Trinajstić information content (AvgIpc) is 2.54. The number of carboxylic acids is 1. The number of carboxylic acid groups (broad SMARTS) is 1. The van der Waals surface area contributed by atoms with E-state index >= 15 is 0 Å². The smallest absolute Gasteiger partial charge is 0.309 e. The van der Waals surface area contributed by atoms with Crippen molar-refractivity contribution in [3.05, 3.63) is 30.1 Å². The Kier molecular flexibility index (Phi) is 4.11. The van der Waals surface area contributed by atoms with E-state index in [0.29, 0.717) is 13.1 Å². The minimum atomic E-state index is -0.888. The van der Waals surface area contributed by atoms with Crippen LogP contribution in [0.15, 0.2) is 24.4 Å². The Labute approximate surface area is 111 Å². The number of hydrogen-bond acceptors (Lipinski definition) is 4. The van der Waals surface area contributed by atoms with Crippen LogP contribution in [0.2, 0.25) is 0 Å². The highest BCUT2D eigenvalue weighted by Crippen LogP contribution is 2.11. The van der Waals surface area contributed by atoms with Gasteiger partial charge in [0.1, 0.15) is 0 Å². The molecular weight excluding hydrogens is 246 g/mol. The van der Waals surface area contributed by atoms with Crippen LogP contribution in [0.1, 0.15) is 12.6 Å². The highest BCUT2D eigenvalue weighted by Gasteiger charge is 2.31. The molecule has 2 atom stereocenters. The van der Waals surface area contributed by atoms with Crippen LogP contribution in [0.5, 0.6) is 0 Å². The number of carbonyl (C=O) groups excluding carboxylic acids is 1. The zero-order valence-electron chi connectivity index (χ0n) is 10.7. The Bertz CT molecular complexity index is 463. The molecule has 6 heteroatoms. The van der Waals surface area contributed by atoms with Crippen molar-refractivity contribution in [3.8, 4) is 0 Å². The van der Waals surface area contributed by atoms with Crippen LogP contribution in [0.25, 0.3) is 0 Å². The topological polar surface area (TPSA) is 82.5 Å². The van der Waals surface area contributed by atoms with E-state index in [2.05, 4.69) is 10.3 Å². The Morgan fingerprint density at radius 2 is 2.37 bits per heavy atom. The summed E-state index contributed by atoms with van der Waals surface area (Å²) in [5.41, 5.74) is 0.758. The van der Waals surface area contributed by atoms with Crippen LogP contribution in [-0.2, 0) is 16.1 Å². The van der Waals surface area contributed by atoms with E-state index in [0.717, 1.165) is 5.69 Å². The Morgan fingerprint density at radius 1 is 1.58 bits per heavy atom. The summed E-state index contributed by atoms with van der Waals surface area (Å²) >= 11 is 0. The van der Waals surface area contributed by atoms with E-state index in [9.17, 15) is 9.59 Å². The summed E-state index contributed by atoms with van der Waals surface area (Å²) in [5, 5.41) is 12.1. The monoisotopic (exact) mass is 263 g/mol. The van der Waals surface area contributed by atoms with Gasteiger partial charge in [-0.3, -0.25) is 14.6 Å². The largest absolute Gasteiger partial charge is 0.481 e. The molecule has 1 aromatic heterocycles. The molecule has 2 rings (SSSR count). The van der Waals surface area contributed by atoms with Gasteiger partial charge in [-0.05, 0) is 19.1 Å². The summed E-state index contributed by atoms with van der Waals surface area (Å²) in [4.78, 5) is 29.0. The van der Waals surface area contributed by atoms with Gasteiger partial charge in [0.25, 0.3) is 0 Å². The van der Waals surface area contributed by atoms with E-state index in [1.54, 1.807) is 24.1 Å². The third-order valence-corrected chi connectivity index (χ3v) is 3.22. The number of rotatable bonds is 3. The zero-order chi connectivity index (χ0) is 13.8. The van der Waals surface area contributed by atoms with Crippen LogP contribution < -0.4 is 5.32 Å². The Hall–Kier alpha value is -1.95. The summed E-state index contributed by atoms with van der Waals surface area (Å²) in [6, 6.07) is 5.11. The van der Waals surface area contributed by atoms with Gasteiger partial charge in [0.05, 0.1) is 24.2 Å². The molecule has 102 valence electrons. The highest BCUT2D eigenvalue weighted by atomic mass is 16.4. The maximum atomic E-state index is 12.2. The second kappa shape index (κ2) is 5.79. The van der Waals surface area contributed by atoms with Gasteiger partial charge in [-0.15, -0.1) is 0 Å². The molecule has 0 radical (unpaired) electrons. The van der Waals surface area contributed by atoms with Crippen molar-refractivity contribution in [3.63, 3.8) is 0 Å². The molecule has 0 spiro atoms. The molecular formula is C13H17N3O3. The highest BCUT2D eigenvalue weighted by molar-refractivity contribution is 5.83.